The number of aromatic nitrogens is 1. The Morgan fingerprint density at radius 3 is 2.42 bits per heavy atom. The molecule has 1 saturated heterocycles. The molecule has 3 heterocycles. The molecule has 1 aliphatic rings. The van der Waals surface area contributed by atoms with Gasteiger partial charge in [-0.05, 0) is 24.3 Å². The number of hydrogen-bond donors (Lipinski definition) is 1. The number of sulfonamides is 1. The molecule has 31 heavy (non-hydrogen) atoms. The molecular formula is C21H21N3O4S3. The maximum Gasteiger partial charge on any atom is 0.268 e. The van der Waals surface area contributed by atoms with Gasteiger partial charge in [-0.3, -0.25) is 14.9 Å². The van der Waals surface area contributed by atoms with Crippen molar-refractivity contribution in [2.75, 3.05) is 18.4 Å². The van der Waals surface area contributed by atoms with E-state index in [0.29, 0.717) is 23.7 Å². The lowest BCUT2D eigenvalue weighted by atomic mass is 10.1. The van der Waals surface area contributed by atoms with Crippen molar-refractivity contribution in [3.63, 3.8) is 0 Å². The van der Waals surface area contributed by atoms with E-state index in [1.54, 1.807) is 5.38 Å². The minimum atomic E-state index is -3.73. The summed E-state index contributed by atoms with van der Waals surface area (Å²) in [5.74, 6) is -0.699. The van der Waals surface area contributed by atoms with E-state index < -0.39 is 15.9 Å². The molecular weight excluding hydrogens is 454 g/mol. The third kappa shape index (κ3) is 4.47. The fourth-order valence-electron chi connectivity index (χ4n) is 3.47. The Morgan fingerprint density at radius 2 is 1.74 bits per heavy atom. The van der Waals surface area contributed by atoms with Crippen LogP contribution in [-0.4, -0.2) is 42.5 Å². The zero-order chi connectivity index (χ0) is 22.0. The summed E-state index contributed by atoms with van der Waals surface area (Å²) in [4.78, 5) is 30.1. The molecule has 1 aromatic carbocycles. The number of Topliss-reactive ketones (excluding diaryl/α,β-unsaturated/α-hetero) is 1. The summed E-state index contributed by atoms with van der Waals surface area (Å²) in [7, 11) is -3.73. The Bertz CT molecular complexity index is 1210. The summed E-state index contributed by atoms with van der Waals surface area (Å²) >= 11 is 2.16. The molecule has 10 heteroatoms. The van der Waals surface area contributed by atoms with Gasteiger partial charge < -0.3 is 0 Å². The van der Waals surface area contributed by atoms with Gasteiger partial charge in [0.05, 0.1) is 10.6 Å². The van der Waals surface area contributed by atoms with Gasteiger partial charge in [0.2, 0.25) is 10.0 Å². The van der Waals surface area contributed by atoms with Crippen LogP contribution in [0.4, 0.5) is 5.13 Å². The zero-order valence-corrected chi connectivity index (χ0v) is 19.3. The minimum absolute atomic E-state index is 0.0172. The van der Waals surface area contributed by atoms with E-state index in [2.05, 4.69) is 10.3 Å². The van der Waals surface area contributed by atoms with Gasteiger partial charge in [-0.2, -0.15) is 4.31 Å². The van der Waals surface area contributed by atoms with E-state index in [1.807, 2.05) is 30.3 Å². The van der Waals surface area contributed by atoms with Gasteiger partial charge in [0.25, 0.3) is 5.91 Å². The lowest BCUT2D eigenvalue weighted by Crippen LogP contribution is -2.36. The molecule has 2 aromatic heterocycles. The quantitative estimate of drug-likeness (QED) is 0.530. The maximum atomic E-state index is 13.1. The molecule has 0 spiro atoms. The van der Waals surface area contributed by atoms with Gasteiger partial charge in [-0.1, -0.05) is 48.1 Å². The smallest absolute Gasteiger partial charge is 0.268 e. The third-order valence-electron chi connectivity index (χ3n) is 4.98. The van der Waals surface area contributed by atoms with Crippen LogP contribution in [0.3, 0.4) is 0 Å². The van der Waals surface area contributed by atoms with Crippen LogP contribution in [0, 0.1) is 0 Å². The van der Waals surface area contributed by atoms with Crippen LogP contribution in [0.1, 0.15) is 45.5 Å². The summed E-state index contributed by atoms with van der Waals surface area (Å²) in [6.45, 7) is 2.39. The van der Waals surface area contributed by atoms with Crippen molar-refractivity contribution in [3.8, 4) is 11.3 Å². The van der Waals surface area contributed by atoms with Crippen LogP contribution in [0.15, 0.2) is 46.7 Å². The molecule has 162 valence electrons. The second kappa shape index (κ2) is 8.99. The van der Waals surface area contributed by atoms with E-state index in [1.165, 1.54) is 17.3 Å². The molecule has 1 amide bonds. The molecule has 0 aliphatic carbocycles. The molecule has 1 fully saturated rings. The van der Waals surface area contributed by atoms with Gasteiger partial charge in [0.15, 0.2) is 10.9 Å². The number of amides is 1. The maximum absolute atomic E-state index is 13.1. The number of nitrogens with zero attached hydrogens (tertiary/aromatic N) is 2. The van der Waals surface area contributed by atoms with Crippen molar-refractivity contribution < 1.29 is 18.0 Å². The first-order valence-electron chi connectivity index (χ1n) is 9.84. The number of benzene rings is 1. The van der Waals surface area contributed by atoms with Crippen molar-refractivity contribution in [1.29, 1.82) is 0 Å². The zero-order valence-electron chi connectivity index (χ0n) is 16.8. The molecule has 0 atom stereocenters. The van der Waals surface area contributed by atoms with Gasteiger partial charge >= 0.3 is 0 Å². The number of piperidine rings is 1. The number of carbonyl (C=O) groups is 2. The highest BCUT2D eigenvalue weighted by molar-refractivity contribution is 7.89. The van der Waals surface area contributed by atoms with Crippen LogP contribution >= 0.6 is 22.7 Å². The second-order valence-corrected chi connectivity index (χ2v) is 11.0. The van der Waals surface area contributed by atoms with Crippen molar-refractivity contribution in [1.82, 2.24) is 9.29 Å². The number of hydrogen-bond acceptors (Lipinski definition) is 7. The van der Waals surface area contributed by atoms with Gasteiger partial charge in [-0.25, -0.2) is 13.4 Å². The fourth-order valence-corrected chi connectivity index (χ4v) is 7.16. The summed E-state index contributed by atoms with van der Waals surface area (Å²) in [5, 5.41) is 4.54. The number of ketones is 1. The first-order valence-corrected chi connectivity index (χ1v) is 13.0. The number of rotatable bonds is 6. The first kappa shape index (κ1) is 21.8. The molecule has 0 saturated carbocycles. The molecule has 0 radical (unpaired) electrons. The number of anilines is 1. The Hall–Kier alpha value is -2.40. The van der Waals surface area contributed by atoms with E-state index in [0.717, 1.165) is 47.5 Å². The number of thiazole rings is 1. The van der Waals surface area contributed by atoms with Crippen LogP contribution in [-0.2, 0) is 10.0 Å². The SMILES string of the molecule is CC(=O)c1sc(NC(=O)c2sccc2S(=O)(=O)N2CCCCC2)nc1-c1ccccc1. The number of thiophene rings is 1. The van der Waals surface area contributed by atoms with Crippen molar-refractivity contribution in [3.05, 3.63) is 51.5 Å². The number of nitrogens with one attached hydrogen (secondary N) is 1. The standard InChI is InChI=1S/C21H21N3O4S3/c1-14(25)18-17(15-8-4-2-5-9-15)22-21(30-18)23-20(26)19-16(10-13-29-19)31(27,28)24-11-6-3-7-12-24/h2,4-5,8-10,13H,3,6-7,11-12H2,1H3,(H,22,23,26). The van der Waals surface area contributed by atoms with E-state index in [9.17, 15) is 18.0 Å². The van der Waals surface area contributed by atoms with Gasteiger partial charge in [0.1, 0.15) is 9.77 Å². The Balaban J connectivity index is 1.62. The normalized spacial score (nSPS) is 15.0. The Labute approximate surface area is 188 Å². The van der Waals surface area contributed by atoms with Gasteiger partial charge in [-0.15, -0.1) is 11.3 Å². The van der Waals surface area contributed by atoms with Crippen LogP contribution in [0.2, 0.25) is 0 Å². The molecule has 0 unspecified atom stereocenters. The van der Waals surface area contributed by atoms with Crippen molar-refractivity contribution >= 4 is 49.5 Å². The molecule has 1 N–H and O–H groups in total. The largest absolute Gasteiger partial charge is 0.297 e. The molecule has 0 bridgehead atoms. The average molecular weight is 476 g/mol. The summed E-state index contributed by atoms with van der Waals surface area (Å²) < 4.78 is 27.6. The van der Waals surface area contributed by atoms with E-state index >= 15 is 0 Å². The van der Waals surface area contributed by atoms with Gasteiger partial charge in [0, 0.05) is 25.6 Å². The monoisotopic (exact) mass is 475 g/mol. The predicted molar refractivity (Wildman–Crippen MR) is 122 cm³/mol. The molecule has 7 nitrogen and oxygen atoms in total. The average Bonchev–Trinajstić information content (AvgIpc) is 3.43. The highest BCUT2D eigenvalue weighted by atomic mass is 32.2. The molecule has 4 rings (SSSR count). The number of carbonyl (C=O) groups excluding carboxylic acids is 2. The highest BCUT2D eigenvalue weighted by Crippen LogP contribution is 2.33. The van der Waals surface area contributed by atoms with E-state index in [4.69, 9.17) is 0 Å². The molecule has 3 aromatic rings. The highest BCUT2D eigenvalue weighted by Gasteiger charge is 2.31. The second-order valence-electron chi connectivity index (χ2n) is 7.15. The van der Waals surface area contributed by atoms with Crippen LogP contribution in [0.5, 0.6) is 0 Å². The lowest BCUT2D eigenvalue weighted by molar-refractivity contribution is 0.101. The molecule has 1 aliphatic heterocycles. The predicted octanol–water partition coefficient (Wildman–Crippen LogP) is 4.50. The van der Waals surface area contributed by atoms with Crippen LogP contribution in [0.25, 0.3) is 11.3 Å². The minimum Gasteiger partial charge on any atom is -0.297 e. The summed E-state index contributed by atoms with van der Waals surface area (Å²) in [5.41, 5.74) is 1.27. The van der Waals surface area contributed by atoms with E-state index in [-0.39, 0.29) is 20.7 Å². The van der Waals surface area contributed by atoms with Crippen molar-refractivity contribution in [2.45, 2.75) is 31.1 Å². The topological polar surface area (TPSA) is 96.4 Å². The third-order valence-corrected chi connectivity index (χ3v) is 9.04. The summed E-state index contributed by atoms with van der Waals surface area (Å²) in [6.07, 6.45) is 2.65. The Kier molecular flexibility index (Phi) is 6.33. The Morgan fingerprint density at radius 1 is 1.03 bits per heavy atom. The lowest BCUT2D eigenvalue weighted by Gasteiger charge is -2.25. The summed E-state index contributed by atoms with van der Waals surface area (Å²) in [6, 6.07) is 10.7. The van der Waals surface area contributed by atoms with Crippen LogP contribution < -0.4 is 5.32 Å². The first-order chi connectivity index (χ1) is 14.9. The fraction of sp³-hybridized carbons (Fsp3) is 0.286. The van der Waals surface area contributed by atoms with Crippen molar-refractivity contribution in [2.24, 2.45) is 0 Å².